The van der Waals surface area contributed by atoms with Crippen LogP contribution in [0.15, 0.2) is 36.5 Å². The number of ether oxygens (including phenoxy) is 1. The minimum Gasteiger partial charge on any atom is -0.491 e. The van der Waals surface area contributed by atoms with Gasteiger partial charge in [0.05, 0.1) is 5.52 Å². The van der Waals surface area contributed by atoms with Crippen LogP contribution in [0.5, 0.6) is 5.75 Å². The summed E-state index contributed by atoms with van der Waals surface area (Å²) in [6, 6.07) is 9.87. The summed E-state index contributed by atoms with van der Waals surface area (Å²) >= 11 is 0. The van der Waals surface area contributed by atoms with Crippen LogP contribution in [-0.2, 0) is 0 Å². The van der Waals surface area contributed by atoms with E-state index >= 15 is 0 Å². The van der Waals surface area contributed by atoms with E-state index in [-0.39, 0.29) is 5.54 Å². The number of rotatable bonds is 5. The molecule has 0 atom stereocenters. The lowest BCUT2D eigenvalue weighted by molar-refractivity contribution is 0.209. The van der Waals surface area contributed by atoms with Gasteiger partial charge in [0.15, 0.2) is 0 Å². The number of aromatic nitrogens is 1. The van der Waals surface area contributed by atoms with Gasteiger partial charge in [-0.1, -0.05) is 26.0 Å². The van der Waals surface area contributed by atoms with Gasteiger partial charge >= 0.3 is 0 Å². The Labute approximate surface area is 108 Å². The number of hydrogen-bond acceptors (Lipinski definition) is 3. The molecule has 96 valence electrons. The molecule has 3 nitrogen and oxygen atoms in total. The molecule has 0 saturated carbocycles. The Hall–Kier alpha value is -1.61. The van der Waals surface area contributed by atoms with E-state index in [0.29, 0.717) is 6.61 Å². The predicted octanol–water partition coefficient (Wildman–Crippen LogP) is 3.13. The van der Waals surface area contributed by atoms with Crippen LogP contribution >= 0.6 is 0 Å². The maximum Gasteiger partial charge on any atom is 0.130 e. The normalized spacial score (nSPS) is 11.7. The first-order valence-corrected chi connectivity index (χ1v) is 6.44. The summed E-state index contributed by atoms with van der Waals surface area (Å²) in [7, 11) is 0. The molecule has 0 unspecified atom stereocenters. The van der Waals surface area contributed by atoms with E-state index in [1.54, 1.807) is 6.20 Å². The number of benzene rings is 1. The first-order chi connectivity index (χ1) is 8.68. The minimum absolute atomic E-state index is 0.246. The van der Waals surface area contributed by atoms with Gasteiger partial charge in [-0.2, -0.15) is 0 Å². The highest BCUT2D eigenvalue weighted by Crippen LogP contribution is 2.24. The van der Waals surface area contributed by atoms with Crippen LogP contribution in [0, 0.1) is 0 Å². The molecule has 1 aromatic heterocycles. The standard InChI is InChI=1S/C15H20N2O/c1-3-15(16,4-2)11-18-14-9-10-17-13-8-6-5-7-12(13)14/h5-10H,3-4,11,16H2,1-2H3. The molecular formula is C15H20N2O. The lowest BCUT2D eigenvalue weighted by Gasteiger charge is -2.26. The molecular weight excluding hydrogens is 224 g/mol. The highest BCUT2D eigenvalue weighted by molar-refractivity contribution is 5.84. The van der Waals surface area contributed by atoms with Gasteiger partial charge in [0, 0.05) is 17.1 Å². The number of pyridine rings is 1. The lowest BCUT2D eigenvalue weighted by atomic mass is 9.96. The van der Waals surface area contributed by atoms with Crippen molar-refractivity contribution in [3.05, 3.63) is 36.5 Å². The molecule has 0 spiro atoms. The summed E-state index contributed by atoms with van der Waals surface area (Å²) in [6.45, 7) is 4.73. The summed E-state index contributed by atoms with van der Waals surface area (Å²) in [5.74, 6) is 0.859. The molecule has 0 aliphatic heterocycles. The summed E-state index contributed by atoms with van der Waals surface area (Å²) in [6.07, 6.45) is 3.59. The molecule has 0 bridgehead atoms. The van der Waals surface area contributed by atoms with Crippen molar-refractivity contribution in [1.29, 1.82) is 0 Å². The van der Waals surface area contributed by atoms with Crippen LogP contribution in [-0.4, -0.2) is 17.1 Å². The Balaban J connectivity index is 2.22. The zero-order valence-corrected chi connectivity index (χ0v) is 11.0. The molecule has 0 radical (unpaired) electrons. The molecule has 0 fully saturated rings. The van der Waals surface area contributed by atoms with E-state index in [0.717, 1.165) is 29.5 Å². The van der Waals surface area contributed by atoms with Crippen LogP contribution in [0.2, 0.25) is 0 Å². The summed E-state index contributed by atoms with van der Waals surface area (Å²) in [4.78, 5) is 4.32. The summed E-state index contributed by atoms with van der Waals surface area (Å²) < 4.78 is 5.90. The van der Waals surface area contributed by atoms with Crippen molar-refractivity contribution >= 4 is 10.9 Å². The third kappa shape index (κ3) is 2.62. The maximum absolute atomic E-state index is 6.25. The maximum atomic E-state index is 6.25. The fourth-order valence-corrected chi connectivity index (χ4v) is 1.87. The van der Waals surface area contributed by atoms with Gasteiger partial charge in [0.1, 0.15) is 12.4 Å². The molecule has 1 aromatic carbocycles. The molecule has 1 heterocycles. The second kappa shape index (κ2) is 5.36. The van der Waals surface area contributed by atoms with E-state index in [2.05, 4.69) is 18.8 Å². The lowest BCUT2D eigenvalue weighted by Crippen LogP contribution is -2.44. The third-order valence-corrected chi connectivity index (χ3v) is 3.53. The quantitative estimate of drug-likeness (QED) is 0.879. The Morgan fingerprint density at radius 2 is 1.89 bits per heavy atom. The average Bonchev–Trinajstić information content (AvgIpc) is 2.44. The predicted molar refractivity (Wildman–Crippen MR) is 74.7 cm³/mol. The average molecular weight is 244 g/mol. The molecule has 0 aliphatic carbocycles. The number of nitrogens with two attached hydrogens (primary N) is 1. The zero-order chi connectivity index (χ0) is 13.0. The second-order valence-corrected chi connectivity index (χ2v) is 4.68. The second-order valence-electron chi connectivity index (χ2n) is 4.68. The zero-order valence-electron chi connectivity index (χ0n) is 11.0. The van der Waals surface area contributed by atoms with E-state index < -0.39 is 0 Å². The van der Waals surface area contributed by atoms with Crippen molar-refractivity contribution in [3.63, 3.8) is 0 Å². The highest BCUT2D eigenvalue weighted by Gasteiger charge is 2.21. The molecule has 3 heteroatoms. The molecule has 2 rings (SSSR count). The van der Waals surface area contributed by atoms with Crippen molar-refractivity contribution in [2.75, 3.05) is 6.61 Å². The van der Waals surface area contributed by atoms with Crippen molar-refractivity contribution in [2.24, 2.45) is 5.73 Å². The van der Waals surface area contributed by atoms with Crippen molar-refractivity contribution < 1.29 is 4.74 Å². The SMILES string of the molecule is CCC(N)(CC)COc1ccnc2ccccc12. The Kier molecular flexibility index (Phi) is 3.82. The molecule has 0 aliphatic rings. The fraction of sp³-hybridized carbons (Fsp3) is 0.400. The van der Waals surface area contributed by atoms with Crippen molar-refractivity contribution in [1.82, 2.24) is 4.98 Å². The van der Waals surface area contributed by atoms with Crippen LogP contribution in [0.4, 0.5) is 0 Å². The third-order valence-electron chi connectivity index (χ3n) is 3.53. The molecule has 2 aromatic rings. The van der Waals surface area contributed by atoms with Crippen LogP contribution in [0.25, 0.3) is 10.9 Å². The number of nitrogens with zero attached hydrogens (tertiary/aromatic N) is 1. The minimum atomic E-state index is -0.246. The molecule has 0 amide bonds. The Morgan fingerprint density at radius 3 is 2.61 bits per heavy atom. The first-order valence-electron chi connectivity index (χ1n) is 6.44. The number of fused-ring (bicyclic) bond motifs is 1. The van der Waals surface area contributed by atoms with E-state index in [9.17, 15) is 0 Å². The molecule has 0 saturated heterocycles. The van der Waals surface area contributed by atoms with Crippen LogP contribution < -0.4 is 10.5 Å². The highest BCUT2D eigenvalue weighted by atomic mass is 16.5. The number of para-hydroxylation sites is 1. The van der Waals surface area contributed by atoms with Gasteiger partial charge in [-0.05, 0) is 31.0 Å². The summed E-state index contributed by atoms with van der Waals surface area (Å²) in [5, 5.41) is 1.04. The molecule has 2 N–H and O–H groups in total. The van der Waals surface area contributed by atoms with Gasteiger partial charge in [-0.3, -0.25) is 4.98 Å². The monoisotopic (exact) mass is 244 g/mol. The Bertz CT molecular complexity index is 515. The van der Waals surface area contributed by atoms with Gasteiger partial charge in [0.2, 0.25) is 0 Å². The summed E-state index contributed by atoms with van der Waals surface area (Å²) in [5.41, 5.74) is 6.95. The number of hydrogen-bond donors (Lipinski definition) is 1. The Morgan fingerprint density at radius 1 is 1.17 bits per heavy atom. The van der Waals surface area contributed by atoms with Crippen LogP contribution in [0.3, 0.4) is 0 Å². The van der Waals surface area contributed by atoms with Crippen LogP contribution in [0.1, 0.15) is 26.7 Å². The van der Waals surface area contributed by atoms with Gasteiger partial charge in [0.25, 0.3) is 0 Å². The van der Waals surface area contributed by atoms with Gasteiger partial charge < -0.3 is 10.5 Å². The van der Waals surface area contributed by atoms with E-state index in [1.807, 2.05) is 30.3 Å². The first kappa shape index (κ1) is 12.8. The van der Waals surface area contributed by atoms with E-state index in [4.69, 9.17) is 10.5 Å². The van der Waals surface area contributed by atoms with Gasteiger partial charge in [-0.15, -0.1) is 0 Å². The fourth-order valence-electron chi connectivity index (χ4n) is 1.87. The van der Waals surface area contributed by atoms with E-state index in [1.165, 1.54) is 0 Å². The topological polar surface area (TPSA) is 48.1 Å². The largest absolute Gasteiger partial charge is 0.491 e. The van der Waals surface area contributed by atoms with Gasteiger partial charge in [-0.25, -0.2) is 0 Å². The smallest absolute Gasteiger partial charge is 0.130 e. The van der Waals surface area contributed by atoms with Crippen molar-refractivity contribution in [3.8, 4) is 5.75 Å². The molecule has 18 heavy (non-hydrogen) atoms. The van der Waals surface area contributed by atoms with Crippen molar-refractivity contribution in [2.45, 2.75) is 32.2 Å².